The largest absolute Gasteiger partial charge is 0.339 e. The van der Waals surface area contributed by atoms with Crippen LogP contribution in [0.25, 0.3) is 10.9 Å². The van der Waals surface area contributed by atoms with Gasteiger partial charge in [0.2, 0.25) is 5.91 Å². The zero-order chi connectivity index (χ0) is 16.2. The van der Waals surface area contributed by atoms with Gasteiger partial charge in [0.05, 0.1) is 12.1 Å². The van der Waals surface area contributed by atoms with E-state index in [0.717, 1.165) is 24.0 Å². The van der Waals surface area contributed by atoms with Crippen molar-refractivity contribution in [3.63, 3.8) is 0 Å². The summed E-state index contributed by atoms with van der Waals surface area (Å²) < 4.78 is 0. The molecule has 0 saturated carbocycles. The van der Waals surface area contributed by atoms with Crippen LogP contribution in [0.2, 0.25) is 0 Å². The third-order valence-electron chi connectivity index (χ3n) is 4.04. The van der Waals surface area contributed by atoms with Gasteiger partial charge in [-0.15, -0.1) is 0 Å². The van der Waals surface area contributed by atoms with Crippen molar-refractivity contribution >= 4 is 22.7 Å². The van der Waals surface area contributed by atoms with Crippen LogP contribution in [0.1, 0.15) is 10.4 Å². The predicted octanol–water partition coefficient (Wildman–Crippen LogP) is 0.739. The number of nitrogens with one attached hydrogen (secondary N) is 1. The number of pyridine rings is 1. The van der Waals surface area contributed by atoms with E-state index in [1.165, 1.54) is 4.90 Å². The van der Waals surface area contributed by atoms with Gasteiger partial charge in [-0.2, -0.15) is 0 Å². The number of fused-ring (bicyclic) bond motifs is 1. The molecular weight excluding hydrogens is 292 g/mol. The van der Waals surface area contributed by atoms with Gasteiger partial charge in [0, 0.05) is 50.4 Å². The van der Waals surface area contributed by atoms with E-state index in [-0.39, 0.29) is 18.4 Å². The Morgan fingerprint density at radius 2 is 2.04 bits per heavy atom. The van der Waals surface area contributed by atoms with E-state index in [1.54, 1.807) is 24.2 Å². The predicted molar refractivity (Wildman–Crippen MR) is 88.2 cm³/mol. The molecule has 0 radical (unpaired) electrons. The van der Waals surface area contributed by atoms with E-state index in [1.807, 2.05) is 24.3 Å². The zero-order valence-electron chi connectivity index (χ0n) is 13.2. The second-order valence-electron chi connectivity index (χ2n) is 5.70. The lowest BCUT2D eigenvalue weighted by molar-refractivity contribution is -0.132. The number of piperazine rings is 1. The molecule has 1 aromatic heterocycles. The lowest BCUT2D eigenvalue weighted by atomic mass is 10.1. The summed E-state index contributed by atoms with van der Waals surface area (Å²) in [6.45, 7) is 3.11. The molecule has 3 rings (SSSR count). The molecule has 0 bridgehead atoms. The normalized spacial score (nSPS) is 14.7. The van der Waals surface area contributed by atoms with Crippen molar-refractivity contribution in [3.8, 4) is 0 Å². The van der Waals surface area contributed by atoms with Gasteiger partial charge >= 0.3 is 0 Å². The van der Waals surface area contributed by atoms with Crippen molar-refractivity contribution < 1.29 is 9.59 Å². The summed E-state index contributed by atoms with van der Waals surface area (Å²) in [6.07, 6.45) is 1.72. The third kappa shape index (κ3) is 3.48. The number of likely N-dealkylation sites (N-methyl/N-ethyl adjacent to an activating group) is 1. The van der Waals surface area contributed by atoms with Gasteiger partial charge in [-0.05, 0) is 24.3 Å². The third-order valence-corrected chi connectivity index (χ3v) is 4.04. The Morgan fingerprint density at radius 3 is 2.83 bits per heavy atom. The Hall–Kier alpha value is -2.47. The van der Waals surface area contributed by atoms with Gasteiger partial charge in [-0.25, -0.2) is 0 Å². The van der Waals surface area contributed by atoms with Gasteiger partial charge in [0.25, 0.3) is 5.91 Å². The van der Waals surface area contributed by atoms with Crippen molar-refractivity contribution in [1.82, 2.24) is 20.1 Å². The smallest absolute Gasteiger partial charge is 0.254 e. The molecule has 1 aliphatic heterocycles. The average Bonchev–Trinajstić information content (AvgIpc) is 2.61. The van der Waals surface area contributed by atoms with Crippen LogP contribution in [0, 0.1) is 0 Å². The zero-order valence-corrected chi connectivity index (χ0v) is 13.2. The van der Waals surface area contributed by atoms with Crippen LogP contribution in [0.3, 0.4) is 0 Å². The summed E-state index contributed by atoms with van der Waals surface area (Å²) in [5.74, 6) is -0.163. The fourth-order valence-corrected chi connectivity index (χ4v) is 2.72. The minimum absolute atomic E-state index is 0.00944. The molecule has 6 nitrogen and oxygen atoms in total. The summed E-state index contributed by atoms with van der Waals surface area (Å²) in [5.41, 5.74) is 1.42. The molecule has 1 aliphatic rings. The molecule has 23 heavy (non-hydrogen) atoms. The first-order chi connectivity index (χ1) is 11.1. The first kappa shape index (κ1) is 15.4. The highest BCUT2D eigenvalue weighted by Gasteiger charge is 2.20. The Bertz CT molecular complexity index is 725. The lowest BCUT2D eigenvalue weighted by Gasteiger charge is -2.29. The molecule has 2 aromatic rings. The van der Waals surface area contributed by atoms with E-state index in [4.69, 9.17) is 0 Å². The monoisotopic (exact) mass is 312 g/mol. The molecular formula is C17H20N4O2. The Morgan fingerprint density at radius 1 is 1.26 bits per heavy atom. The quantitative estimate of drug-likeness (QED) is 0.908. The number of nitrogens with zero attached hydrogens (tertiary/aromatic N) is 3. The number of carbonyl (C=O) groups excluding carboxylic acids is 2. The van der Waals surface area contributed by atoms with E-state index in [0.29, 0.717) is 18.7 Å². The number of hydrogen-bond acceptors (Lipinski definition) is 4. The number of benzene rings is 1. The second-order valence-corrected chi connectivity index (χ2v) is 5.70. The van der Waals surface area contributed by atoms with Crippen molar-refractivity contribution in [2.75, 3.05) is 39.8 Å². The first-order valence-electron chi connectivity index (χ1n) is 7.74. The average molecular weight is 312 g/mol. The molecule has 1 aromatic carbocycles. The molecule has 1 N–H and O–H groups in total. The van der Waals surface area contributed by atoms with Crippen LogP contribution in [0.5, 0.6) is 0 Å². The van der Waals surface area contributed by atoms with Crippen LogP contribution in [-0.2, 0) is 4.79 Å². The molecule has 1 fully saturated rings. The molecule has 0 unspecified atom stereocenters. The Labute approximate surface area is 135 Å². The SMILES string of the molecule is CN(CC(=O)N1CCNCC1)C(=O)c1ccc2ncccc2c1. The van der Waals surface area contributed by atoms with Gasteiger partial charge in [-0.1, -0.05) is 6.07 Å². The van der Waals surface area contributed by atoms with Crippen molar-refractivity contribution in [2.45, 2.75) is 0 Å². The lowest BCUT2D eigenvalue weighted by Crippen LogP contribution is -2.49. The fourth-order valence-electron chi connectivity index (χ4n) is 2.72. The number of carbonyl (C=O) groups is 2. The Balaban J connectivity index is 1.69. The second kappa shape index (κ2) is 6.75. The van der Waals surface area contributed by atoms with Gasteiger partial charge < -0.3 is 15.1 Å². The standard InChI is InChI=1S/C17H20N4O2/c1-20(12-16(22)21-9-7-18-8-10-21)17(23)14-4-5-15-13(11-14)3-2-6-19-15/h2-6,11,18H,7-10,12H2,1H3. The Kier molecular flexibility index (Phi) is 4.52. The summed E-state index contributed by atoms with van der Waals surface area (Å²) in [5, 5.41) is 4.13. The molecule has 1 saturated heterocycles. The first-order valence-corrected chi connectivity index (χ1v) is 7.74. The molecule has 2 heterocycles. The maximum absolute atomic E-state index is 12.5. The minimum Gasteiger partial charge on any atom is -0.339 e. The molecule has 0 atom stereocenters. The molecule has 0 spiro atoms. The maximum Gasteiger partial charge on any atom is 0.254 e. The van der Waals surface area contributed by atoms with E-state index >= 15 is 0 Å². The highest BCUT2D eigenvalue weighted by atomic mass is 16.2. The minimum atomic E-state index is -0.153. The number of hydrogen-bond donors (Lipinski definition) is 1. The van der Waals surface area contributed by atoms with Crippen LogP contribution in [0.15, 0.2) is 36.5 Å². The molecule has 2 amide bonds. The van der Waals surface area contributed by atoms with Gasteiger partial charge in [-0.3, -0.25) is 14.6 Å². The van der Waals surface area contributed by atoms with Gasteiger partial charge in [0.1, 0.15) is 0 Å². The van der Waals surface area contributed by atoms with Crippen molar-refractivity contribution in [3.05, 3.63) is 42.1 Å². The van der Waals surface area contributed by atoms with Crippen LogP contribution < -0.4 is 5.32 Å². The topological polar surface area (TPSA) is 65.5 Å². The van der Waals surface area contributed by atoms with Crippen LogP contribution in [-0.4, -0.2) is 66.4 Å². The number of aromatic nitrogens is 1. The van der Waals surface area contributed by atoms with Crippen molar-refractivity contribution in [2.24, 2.45) is 0 Å². The summed E-state index contributed by atoms with van der Waals surface area (Å²) in [4.78, 5) is 32.3. The summed E-state index contributed by atoms with van der Waals surface area (Å²) in [7, 11) is 1.66. The highest BCUT2D eigenvalue weighted by Crippen LogP contribution is 2.14. The maximum atomic E-state index is 12.5. The summed E-state index contributed by atoms with van der Waals surface area (Å²) >= 11 is 0. The van der Waals surface area contributed by atoms with Crippen molar-refractivity contribution in [1.29, 1.82) is 0 Å². The van der Waals surface area contributed by atoms with E-state index in [9.17, 15) is 9.59 Å². The number of rotatable bonds is 3. The summed E-state index contributed by atoms with van der Waals surface area (Å²) in [6, 6.07) is 9.16. The number of amides is 2. The fraction of sp³-hybridized carbons (Fsp3) is 0.353. The highest BCUT2D eigenvalue weighted by molar-refractivity contribution is 5.99. The van der Waals surface area contributed by atoms with Gasteiger partial charge in [0.15, 0.2) is 0 Å². The van der Waals surface area contributed by atoms with E-state index in [2.05, 4.69) is 10.3 Å². The molecule has 0 aliphatic carbocycles. The van der Waals surface area contributed by atoms with Crippen LogP contribution in [0.4, 0.5) is 0 Å². The van der Waals surface area contributed by atoms with Crippen LogP contribution >= 0.6 is 0 Å². The van der Waals surface area contributed by atoms with E-state index < -0.39 is 0 Å². The molecule has 120 valence electrons. The molecule has 6 heteroatoms.